The number of carbonyl (C=O) groups excluding carboxylic acids is 1. The van der Waals surface area contributed by atoms with Gasteiger partial charge in [-0.05, 0) is 12.1 Å². The number of phenols is 1. The number of aromatic hydroxyl groups is 1. The Morgan fingerprint density at radius 1 is 1.22 bits per heavy atom. The van der Waals surface area contributed by atoms with Gasteiger partial charge in [-0.25, -0.2) is 4.98 Å². The number of rotatable bonds is 6. The summed E-state index contributed by atoms with van der Waals surface area (Å²) in [6, 6.07) is 3.94. The predicted molar refractivity (Wildman–Crippen MR) is 92.7 cm³/mol. The van der Waals surface area contributed by atoms with Gasteiger partial charge in [-0.1, -0.05) is 0 Å². The molecule has 0 unspecified atom stereocenters. The first-order valence-corrected chi connectivity index (χ1v) is 9.05. The number of benzene rings is 1. The third kappa shape index (κ3) is 4.26. The van der Waals surface area contributed by atoms with Crippen molar-refractivity contribution in [3.63, 3.8) is 0 Å². The molecule has 10 heteroatoms. The highest BCUT2D eigenvalue weighted by Crippen LogP contribution is 2.29. The molecule has 0 saturated carbocycles. The molecule has 3 rings (SSSR count). The number of ketones is 1. The van der Waals surface area contributed by atoms with Crippen LogP contribution in [0.4, 0.5) is 0 Å². The zero-order valence-electron chi connectivity index (χ0n) is 14.0. The van der Waals surface area contributed by atoms with Crippen molar-refractivity contribution < 1.29 is 39.8 Å². The largest absolute Gasteiger partial charge is 0.507 e. The molecule has 1 fully saturated rings. The summed E-state index contributed by atoms with van der Waals surface area (Å²) in [6.45, 7) is -0.583. The SMILES string of the molecule is O=C(Cc1cscn1)c1ccc(O[C@@H]2O[C@H](CO)[C@@H](O)[C@@H](O)[C@@H]2O)cc1O. The third-order valence-electron chi connectivity index (χ3n) is 4.20. The number of carbonyl (C=O) groups is 1. The van der Waals surface area contributed by atoms with Gasteiger partial charge < -0.3 is 35.0 Å². The van der Waals surface area contributed by atoms with E-state index in [-0.39, 0.29) is 29.3 Å². The van der Waals surface area contributed by atoms with Gasteiger partial charge in [-0.2, -0.15) is 0 Å². The fourth-order valence-corrected chi connectivity index (χ4v) is 3.26. The summed E-state index contributed by atoms with van der Waals surface area (Å²) in [5.74, 6) is -0.572. The van der Waals surface area contributed by atoms with E-state index in [1.807, 2.05) is 0 Å². The normalized spacial score (nSPS) is 28.1. The van der Waals surface area contributed by atoms with Crippen LogP contribution < -0.4 is 4.74 Å². The van der Waals surface area contributed by atoms with Gasteiger partial charge in [0.15, 0.2) is 5.78 Å². The summed E-state index contributed by atoms with van der Waals surface area (Å²) in [4.78, 5) is 16.3. The number of thiazole rings is 1. The molecule has 5 N–H and O–H groups in total. The molecule has 2 heterocycles. The van der Waals surface area contributed by atoms with E-state index in [9.17, 15) is 30.3 Å². The van der Waals surface area contributed by atoms with Crippen molar-refractivity contribution in [1.82, 2.24) is 4.98 Å². The van der Waals surface area contributed by atoms with Crippen molar-refractivity contribution in [3.8, 4) is 11.5 Å². The molecule has 1 saturated heterocycles. The van der Waals surface area contributed by atoms with Gasteiger partial charge in [0.1, 0.15) is 35.9 Å². The quantitative estimate of drug-likeness (QED) is 0.405. The second kappa shape index (κ2) is 8.30. The average molecular weight is 397 g/mol. The van der Waals surface area contributed by atoms with Gasteiger partial charge in [0.05, 0.1) is 29.8 Å². The van der Waals surface area contributed by atoms with Crippen LogP contribution in [0.3, 0.4) is 0 Å². The van der Waals surface area contributed by atoms with Crippen LogP contribution in [0.1, 0.15) is 16.1 Å². The third-order valence-corrected chi connectivity index (χ3v) is 4.83. The number of aromatic nitrogens is 1. The summed E-state index contributed by atoms with van der Waals surface area (Å²) in [5.41, 5.74) is 2.30. The molecule has 0 bridgehead atoms. The lowest BCUT2D eigenvalue weighted by Gasteiger charge is -2.39. The number of phenolic OH excluding ortho intramolecular Hbond substituents is 1. The first kappa shape index (κ1) is 19.7. The average Bonchev–Trinajstić information content (AvgIpc) is 3.15. The molecule has 1 aliphatic heterocycles. The minimum Gasteiger partial charge on any atom is -0.507 e. The smallest absolute Gasteiger partial charge is 0.229 e. The standard InChI is InChI=1S/C17H19NO8S/c19-5-13-14(22)15(23)16(24)17(26-13)25-9-1-2-10(12(21)4-9)11(20)3-8-6-27-7-18-8/h1-2,4,6-7,13-17,19,21-24H,3,5H2/t13-,14-,15-,16+,17-/m1/s1. The minimum atomic E-state index is -1.58. The molecule has 5 atom stereocenters. The lowest BCUT2D eigenvalue weighted by Crippen LogP contribution is -2.60. The zero-order chi connectivity index (χ0) is 19.6. The van der Waals surface area contributed by atoms with E-state index in [0.29, 0.717) is 5.69 Å². The van der Waals surface area contributed by atoms with Crippen molar-refractivity contribution in [3.05, 3.63) is 40.3 Å². The molecule has 1 aromatic heterocycles. The number of ether oxygens (including phenoxy) is 2. The highest BCUT2D eigenvalue weighted by molar-refractivity contribution is 7.07. The molecule has 0 spiro atoms. The fourth-order valence-electron chi connectivity index (χ4n) is 2.70. The first-order valence-electron chi connectivity index (χ1n) is 8.11. The molecule has 0 radical (unpaired) electrons. The molecule has 9 nitrogen and oxygen atoms in total. The molecule has 1 aliphatic rings. The van der Waals surface area contributed by atoms with Crippen molar-refractivity contribution in [2.45, 2.75) is 37.1 Å². The Bertz CT molecular complexity index is 781. The molecule has 0 amide bonds. The van der Waals surface area contributed by atoms with Gasteiger partial charge in [0.25, 0.3) is 0 Å². The van der Waals surface area contributed by atoms with Gasteiger partial charge in [-0.15, -0.1) is 11.3 Å². The van der Waals surface area contributed by atoms with Crippen molar-refractivity contribution >= 4 is 17.1 Å². The van der Waals surface area contributed by atoms with Crippen LogP contribution in [0.15, 0.2) is 29.1 Å². The molecule has 146 valence electrons. The summed E-state index contributed by atoms with van der Waals surface area (Å²) >= 11 is 1.37. The van der Waals surface area contributed by atoms with Crippen LogP contribution >= 0.6 is 11.3 Å². The second-order valence-corrected chi connectivity index (χ2v) is 6.79. The Balaban J connectivity index is 1.71. The summed E-state index contributed by atoms with van der Waals surface area (Å²) in [7, 11) is 0. The summed E-state index contributed by atoms with van der Waals surface area (Å²) < 4.78 is 10.6. The van der Waals surface area contributed by atoms with Crippen LogP contribution in [0.5, 0.6) is 11.5 Å². The molecule has 27 heavy (non-hydrogen) atoms. The van der Waals surface area contributed by atoms with E-state index in [4.69, 9.17) is 9.47 Å². The number of aliphatic hydroxyl groups excluding tert-OH is 4. The van der Waals surface area contributed by atoms with E-state index in [1.54, 1.807) is 10.9 Å². The minimum absolute atomic E-state index is 0.0456. The maximum absolute atomic E-state index is 12.3. The van der Waals surface area contributed by atoms with Gasteiger partial charge in [0, 0.05) is 11.4 Å². The van der Waals surface area contributed by atoms with Crippen LogP contribution in [-0.2, 0) is 11.2 Å². The van der Waals surface area contributed by atoms with Crippen LogP contribution in [0.25, 0.3) is 0 Å². The molecular weight excluding hydrogens is 378 g/mol. The van der Waals surface area contributed by atoms with Gasteiger partial charge >= 0.3 is 0 Å². The summed E-state index contributed by atoms with van der Waals surface area (Å²) in [6.07, 6.45) is -7.09. The Hall–Kier alpha value is -2.08. The topological polar surface area (TPSA) is 150 Å². The van der Waals surface area contributed by atoms with Gasteiger partial charge in [0.2, 0.25) is 6.29 Å². The molecule has 2 aromatic rings. The number of hydrogen-bond donors (Lipinski definition) is 5. The number of hydrogen-bond acceptors (Lipinski definition) is 10. The second-order valence-electron chi connectivity index (χ2n) is 6.07. The van der Waals surface area contributed by atoms with Crippen molar-refractivity contribution in [2.75, 3.05) is 6.61 Å². The Morgan fingerprint density at radius 2 is 2.00 bits per heavy atom. The molecule has 1 aromatic carbocycles. The maximum Gasteiger partial charge on any atom is 0.229 e. The maximum atomic E-state index is 12.3. The summed E-state index contributed by atoms with van der Waals surface area (Å²) in [5, 5.41) is 50.5. The lowest BCUT2D eigenvalue weighted by molar-refractivity contribution is -0.277. The number of aliphatic hydroxyl groups is 4. The Labute approximate surface area is 158 Å². The monoisotopic (exact) mass is 397 g/mol. The molecule has 0 aliphatic carbocycles. The van der Waals surface area contributed by atoms with Crippen LogP contribution in [0, 0.1) is 0 Å². The lowest BCUT2D eigenvalue weighted by atomic mass is 9.99. The van der Waals surface area contributed by atoms with E-state index in [2.05, 4.69) is 4.98 Å². The highest BCUT2D eigenvalue weighted by Gasteiger charge is 2.44. The predicted octanol–water partition coefficient (Wildman–Crippen LogP) is -0.547. The van der Waals surface area contributed by atoms with E-state index >= 15 is 0 Å². The van der Waals surface area contributed by atoms with Gasteiger partial charge in [-0.3, -0.25) is 4.79 Å². The Kier molecular flexibility index (Phi) is 6.05. The van der Waals surface area contributed by atoms with Crippen molar-refractivity contribution in [2.24, 2.45) is 0 Å². The van der Waals surface area contributed by atoms with Crippen LogP contribution in [-0.4, -0.2) is 73.6 Å². The molecular formula is C17H19NO8S. The number of nitrogens with zero attached hydrogens (tertiary/aromatic N) is 1. The van der Waals surface area contributed by atoms with E-state index in [1.165, 1.54) is 29.5 Å². The first-order chi connectivity index (χ1) is 12.9. The van der Waals surface area contributed by atoms with Crippen molar-refractivity contribution in [1.29, 1.82) is 0 Å². The van der Waals surface area contributed by atoms with E-state index in [0.717, 1.165) is 0 Å². The Morgan fingerprint density at radius 3 is 2.63 bits per heavy atom. The highest BCUT2D eigenvalue weighted by atomic mass is 32.1. The fraction of sp³-hybridized carbons (Fsp3) is 0.412. The van der Waals surface area contributed by atoms with E-state index < -0.39 is 37.3 Å². The van der Waals surface area contributed by atoms with Crippen LogP contribution in [0.2, 0.25) is 0 Å². The number of Topliss-reactive ketones (excluding diaryl/α,β-unsaturated/α-hetero) is 1. The zero-order valence-corrected chi connectivity index (χ0v) is 14.8.